The normalized spacial score (nSPS) is 20.3. The molecule has 0 aromatic heterocycles. The van der Waals surface area contributed by atoms with Gasteiger partial charge >= 0.3 is 18.4 Å². The lowest BCUT2D eigenvalue weighted by Gasteiger charge is -2.46. The highest BCUT2D eigenvalue weighted by molar-refractivity contribution is 5.96. The Morgan fingerprint density at radius 3 is 2.19 bits per heavy atom. The molecule has 0 saturated carbocycles. The van der Waals surface area contributed by atoms with Gasteiger partial charge in [-0.15, -0.1) is 0 Å². The lowest BCUT2D eigenvalue weighted by molar-refractivity contribution is -0.143. The number of hydrogen-bond acceptors (Lipinski definition) is 2. The first-order valence-electron chi connectivity index (χ1n) is 11.5. The summed E-state index contributed by atoms with van der Waals surface area (Å²) in [6, 6.07) is 7.16. The predicted octanol–water partition coefficient (Wildman–Crippen LogP) is 5.80. The molecule has 0 aliphatic carbocycles. The van der Waals surface area contributed by atoms with Gasteiger partial charge in [-0.25, -0.2) is 4.79 Å². The highest BCUT2D eigenvalue weighted by Crippen LogP contribution is 2.41. The van der Waals surface area contributed by atoms with Gasteiger partial charge in [-0.1, -0.05) is 30.8 Å². The third kappa shape index (κ3) is 5.17. The minimum atomic E-state index is -4.98. The van der Waals surface area contributed by atoms with E-state index in [0.717, 1.165) is 16.0 Å². The number of carbonyl (C=O) groups is 2. The molecule has 2 aliphatic rings. The number of amides is 3. The molecule has 2 aromatic carbocycles. The van der Waals surface area contributed by atoms with Gasteiger partial charge in [0.2, 0.25) is 5.91 Å². The molecule has 0 spiro atoms. The van der Waals surface area contributed by atoms with Crippen LogP contribution in [0.25, 0.3) is 0 Å². The Kier molecular flexibility index (Phi) is 6.76. The second-order valence-electron chi connectivity index (χ2n) is 9.42. The van der Waals surface area contributed by atoms with Crippen molar-refractivity contribution in [3.63, 3.8) is 0 Å². The Balaban J connectivity index is 1.66. The van der Waals surface area contributed by atoms with Crippen LogP contribution in [0.3, 0.4) is 0 Å². The number of halogens is 6. The molecule has 5 nitrogen and oxygen atoms in total. The molecule has 2 saturated heterocycles. The maximum absolute atomic E-state index is 13.6. The number of urea groups is 1. The van der Waals surface area contributed by atoms with Crippen molar-refractivity contribution in [2.45, 2.75) is 44.3 Å². The van der Waals surface area contributed by atoms with Gasteiger partial charge in [0, 0.05) is 38.7 Å². The highest BCUT2D eigenvalue weighted by Gasteiger charge is 2.47. The van der Waals surface area contributed by atoms with Gasteiger partial charge in [0.1, 0.15) is 0 Å². The first kappa shape index (κ1) is 26.6. The smallest absolute Gasteiger partial charge is 0.331 e. The molecule has 2 aromatic rings. The second-order valence-corrected chi connectivity index (χ2v) is 9.42. The van der Waals surface area contributed by atoms with Crippen molar-refractivity contribution in [2.75, 3.05) is 20.1 Å². The summed E-state index contributed by atoms with van der Waals surface area (Å²) in [5.74, 6) is -0.187. The van der Waals surface area contributed by atoms with Crippen LogP contribution in [0.2, 0.25) is 0 Å². The van der Waals surface area contributed by atoms with Gasteiger partial charge in [0.15, 0.2) is 0 Å². The average Bonchev–Trinajstić information content (AvgIpc) is 3.10. The van der Waals surface area contributed by atoms with Crippen LogP contribution in [-0.2, 0) is 23.7 Å². The summed E-state index contributed by atoms with van der Waals surface area (Å²) in [6.45, 7) is 5.63. The molecule has 11 heteroatoms. The number of alkyl halides is 6. The third-order valence-corrected chi connectivity index (χ3v) is 6.85. The minimum Gasteiger partial charge on any atom is -0.331 e. The van der Waals surface area contributed by atoms with E-state index >= 15 is 0 Å². The van der Waals surface area contributed by atoms with Crippen LogP contribution in [0.15, 0.2) is 54.6 Å². The molecular formula is C26H25F6N3O2. The molecule has 2 fully saturated rings. The maximum atomic E-state index is 13.6. The van der Waals surface area contributed by atoms with Crippen molar-refractivity contribution in [1.82, 2.24) is 14.7 Å². The number of piperazine rings is 1. The quantitative estimate of drug-likeness (QED) is 0.376. The van der Waals surface area contributed by atoms with Crippen LogP contribution in [0.1, 0.15) is 40.3 Å². The molecule has 0 N–H and O–H groups in total. The summed E-state index contributed by atoms with van der Waals surface area (Å²) < 4.78 is 79.8. The molecule has 4 rings (SSSR count). The monoisotopic (exact) mass is 525 g/mol. The summed E-state index contributed by atoms with van der Waals surface area (Å²) in [5.41, 5.74) is -1.06. The summed E-state index contributed by atoms with van der Waals surface area (Å²) in [6.07, 6.45) is -9.63. The predicted molar refractivity (Wildman–Crippen MR) is 123 cm³/mol. The van der Waals surface area contributed by atoms with Gasteiger partial charge < -0.3 is 14.7 Å². The number of carbonyl (C=O) groups excluding carboxylic acids is 2. The Morgan fingerprint density at radius 2 is 1.62 bits per heavy atom. The fraction of sp³-hybridized carbons (Fsp3) is 0.385. The average molecular weight is 525 g/mol. The number of hydrogen-bond donors (Lipinski definition) is 0. The standard InChI is InChI=1S/C26H25F6N3O2/c1-15-6-4-5-7-20(15)22-21-10-16(2)23(36)34(21)8-9-35(22)24(37)33(3)14-17-11-18(25(27,28)29)13-19(12-17)26(30,31)32/h4-7,11-13,21-22H,2,8-10,14H2,1,3H3. The van der Waals surface area contributed by atoms with Crippen molar-refractivity contribution in [2.24, 2.45) is 0 Å². The zero-order valence-electron chi connectivity index (χ0n) is 20.2. The highest BCUT2D eigenvalue weighted by atomic mass is 19.4. The van der Waals surface area contributed by atoms with Crippen molar-refractivity contribution >= 4 is 11.9 Å². The van der Waals surface area contributed by atoms with Crippen molar-refractivity contribution < 1.29 is 35.9 Å². The number of aryl methyl sites for hydroxylation is 1. The SMILES string of the molecule is C=C1CC2C(c3ccccc3C)N(C(=O)N(C)Cc3cc(C(F)(F)F)cc(C(F)(F)F)c3)CCN2C1=O. The third-order valence-electron chi connectivity index (χ3n) is 6.85. The molecule has 37 heavy (non-hydrogen) atoms. The van der Waals surface area contributed by atoms with E-state index in [4.69, 9.17) is 0 Å². The molecule has 2 atom stereocenters. The molecule has 0 radical (unpaired) electrons. The number of rotatable bonds is 3. The van der Waals surface area contributed by atoms with Crippen LogP contribution in [0.5, 0.6) is 0 Å². The van der Waals surface area contributed by atoms with Gasteiger partial charge in [0.05, 0.1) is 23.2 Å². The second kappa shape index (κ2) is 9.42. The first-order valence-corrected chi connectivity index (χ1v) is 11.5. The molecule has 2 aliphatic heterocycles. The van der Waals surface area contributed by atoms with E-state index in [1.54, 1.807) is 11.0 Å². The van der Waals surface area contributed by atoms with E-state index in [2.05, 4.69) is 6.58 Å². The topological polar surface area (TPSA) is 43.9 Å². The summed E-state index contributed by atoms with van der Waals surface area (Å²) in [4.78, 5) is 30.5. The van der Waals surface area contributed by atoms with Crippen LogP contribution in [-0.4, -0.2) is 52.8 Å². The largest absolute Gasteiger partial charge is 0.416 e. The lowest BCUT2D eigenvalue weighted by atomic mass is 9.90. The van der Waals surface area contributed by atoms with Crippen molar-refractivity contribution in [3.8, 4) is 0 Å². The van der Waals surface area contributed by atoms with E-state index in [1.165, 1.54) is 11.9 Å². The Hall–Kier alpha value is -3.50. The molecule has 0 bridgehead atoms. The zero-order chi connectivity index (χ0) is 27.3. The zero-order valence-corrected chi connectivity index (χ0v) is 20.2. The van der Waals surface area contributed by atoms with Gasteiger partial charge in [-0.05, 0) is 41.8 Å². The molecule has 198 valence electrons. The van der Waals surface area contributed by atoms with Crippen molar-refractivity contribution in [3.05, 3.63) is 82.4 Å². The molecular weight excluding hydrogens is 500 g/mol. The van der Waals surface area contributed by atoms with E-state index in [-0.39, 0.29) is 36.7 Å². The van der Waals surface area contributed by atoms with E-state index in [0.29, 0.717) is 24.1 Å². The van der Waals surface area contributed by atoms with Crippen molar-refractivity contribution in [1.29, 1.82) is 0 Å². The summed E-state index contributed by atoms with van der Waals surface area (Å²) in [7, 11) is 1.33. The number of benzene rings is 2. The Labute approximate surface area is 209 Å². The summed E-state index contributed by atoms with van der Waals surface area (Å²) in [5, 5.41) is 0. The van der Waals surface area contributed by atoms with Crippen LogP contribution in [0, 0.1) is 6.92 Å². The minimum absolute atomic E-state index is 0.0583. The fourth-order valence-corrected chi connectivity index (χ4v) is 5.10. The van der Waals surface area contributed by atoms with Crippen LogP contribution in [0.4, 0.5) is 31.1 Å². The Bertz CT molecular complexity index is 1210. The molecule has 3 amide bonds. The maximum Gasteiger partial charge on any atom is 0.416 e. The van der Waals surface area contributed by atoms with Gasteiger partial charge in [0.25, 0.3) is 0 Å². The van der Waals surface area contributed by atoms with E-state index in [1.807, 2.05) is 25.1 Å². The Morgan fingerprint density at radius 1 is 1.03 bits per heavy atom. The van der Waals surface area contributed by atoms with Crippen LogP contribution >= 0.6 is 0 Å². The number of fused-ring (bicyclic) bond motifs is 1. The van der Waals surface area contributed by atoms with Gasteiger partial charge in [-0.3, -0.25) is 4.79 Å². The van der Waals surface area contributed by atoms with Gasteiger partial charge in [-0.2, -0.15) is 26.3 Å². The van der Waals surface area contributed by atoms with E-state index < -0.39 is 42.1 Å². The van der Waals surface area contributed by atoms with Crippen LogP contribution < -0.4 is 0 Å². The van der Waals surface area contributed by atoms with E-state index in [9.17, 15) is 35.9 Å². The number of nitrogens with zero attached hydrogens (tertiary/aromatic N) is 3. The summed E-state index contributed by atoms with van der Waals surface area (Å²) >= 11 is 0. The first-order chi connectivity index (χ1) is 17.2. The fourth-order valence-electron chi connectivity index (χ4n) is 5.10. The molecule has 2 heterocycles. The lowest BCUT2D eigenvalue weighted by Crippen LogP contribution is -2.57. The molecule has 2 unspecified atom stereocenters.